The van der Waals surface area contributed by atoms with E-state index in [0.29, 0.717) is 13.8 Å². The molecule has 0 N–H and O–H groups in total. The van der Waals surface area contributed by atoms with Gasteiger partial charge in [0.05, 0.1) is 5.60 Å². The van der Waals surface area contributed by atoms with Crippen LogP contribution in [0.1, 0.15) is 48.5 Å². The van der Waals surface area contributed by atoms with E-state index >= 15 is 0 Å². The summed E-state index contributed by atoms with van der Waals surface area (Å²) in [5.41, 5.74) is -4.72. The summed E-state index contributed by atoms with van der Waals surface area (Å²) in [5.74, 6) is -5.47. The van der Waals surface area contributed by atoms with Gasteiger partial charge in [-0.25, -0.2) is 0 Å². The predicted octanol–water partition coefficient (Wildman–Crippen LogP) is 5.07. The third kappa shape index (κ3) is 4.74. The number of hydrogen-bond acceptors (Lipinski definition) is 2. The van der Waals surface area contributed by atoms with Gasteiger partial charge in [0, 0.05) is 6.92 Å². The number of alkyl halides is 6. The molecule has 0 aliphatic rings. The molecule has 0 amide bonds. The highest BCUT2D eigenvalue weighted by molar-refractivity contribution is 4.96. The zero-order chi connectivity index (χ0) is 17.5. The molecule has 0 radical (unpaired) electrons. The highest BCUT2D eigenvalue weighted by Gasteiger charge is 2.70. The fourth-order valence-electron chi connectivity index (χ4n) is 1.37. The van der Waals surface area contributed by atoms with Crippen LogP contribution in [-0.4, -0.2) is 29.3 Å². The van der Waals surface area contributed by atoms with Crippen molar-refractivity contribution in [2.45, 2.75) is 77.8 Å². The van der Waals surface area contributed by atoms with Crippen molar-refractivity contribution in [1.29, 1.82) is 0 Å². The first-order valence-electron chi connectivity index (χ1n) is 6.39. The van der Waals surface area contributed by atoms with Gasteiger partial charge < -0.3 is 9.47 Å². The molecule has 0 aromatic rings. The fraction of sp³-hybridized carbons (Fsp3) is 1.00. The Morgan fingerprint density at radius 3 is 1.38 bits per heavy atom. The van der Waals surface area contributed by atoms with Gasteiger partial charge in [0.2, 0.25) is 0 Å². The molecular formula is C13H22F6O2. The topological polar surface area (TPSA) is 18.5 Å². The van der Waals surface area contributed by atoms with Crippen molar-refractivity contribution < 1.29 is 35.8 Å². The minimum absolute atomic E-state index is 0.196. The van der Waals surface area contributed by atoms with Gasteiger partial charge in [-0.2, -0.15) is 26.3 Å². The van der Waals surface area contributed by atoms with Crippen LogP contribution >= 0.6 is 0 Å². The Labute approximate surface area is 120 Å². The molecule has 0 bridgehead atoms. The van der Waals surface area contributed by atoms with Crippen LogP contribution in [0.15, 0.2) is 0 Å². The number of rotatable bonds is 7. The van der Waals surface area contributed by atoms with Gasteiger partial charge in [-0.15, -0.1) is 0 Å². The second-order valence-corrected chi connectivity index (χ2v) is 6.37. The van der Waals surface area contributed by atoms with E-state index in [9.17, 15) is 26.3 Å². The van der Waals surface area contributed by atoms with Gasteiger partial charge in [0.1, 0.15) is 5.60 Å². The molecular weight excluding hydrogens is 302 g/mol. The third-order valence-electron chi connectivity index (χ3n) is 3.34. The zero-order valence-corrected chi connectivity index (χ0v) is 13.2. The highest BCUT2D eigenvalue weighted by atomic mass is 19.3. The summed E-state index contributed by atoms with van der Waals surface area (Å²) in [4.78, 5) is 0. The maximum atomic E-state index is 14.0. The highest BCUT2D eigenvalue weighted by Crippen LogP contribution is 2.48. The molecule has 21 heavy (non-hydrogen) atoms. The Balaban J connectivity index is 5.46. The first kappa shape index (κ1) is 20.5. The molecule has 0 aromatic carbocycles. The number of ether oxygens (including phenoxy) is 2. The van der Waals surface area contributed by atoms with Gasteiger partial charge in [0.15, 0.2) is 0 Å². The summed E-state index contributed by atoms with van der Waals surface area (Å²) in [6.07, 6.45) is -8.97. The second kappa shape index (κ2) is 5.61. The molecule has 0 aliphatic heterocycles. The minimum Gasteiger partial charge on any atom is -0.309 e. The van der Waals surface area contributed by atoms with Crippen LogP contribution < -0.4 is 0 Å². The maximum absolute atomic E-state index is 14.0. The molecule has 0 fully saturated rings. The molecule has 0 unspecified atom stereocenters. The number of halogens is 6. The Bertz CT molecular complexity index is 358. The van der Waals surface area contributed by atoms with E-state index in [0.717, 1.165) is 0 Å². The lowest BCUT2D eigenvalue weighted by Gasteiger charge is -2.42. The van der Waals surface area contributed by atoms with E-state index in [4.69, 9.17) is 0 Å². The summed E-state index contributed by atoms with van der Waals surface area (Å²) in [7, 11) is 0. The first-order chi connectivity index (χ1) is 8.86. The molecule has 8 heteroatoms. The Hall–Kier alpha value is -0.500. The van der Waals surface area contributed by atoms with E-state index in [1.165, 1.54) is 27.7 Å². The molecule has 0 spiro atoms. The van der Waals surface area contributed by atoms with Crippen LogP contribution in [0.5, 0.6) is 0 Å². The standard InChI is InChI=1S/C13H22F6O2/c1-8(2)9(3,4)20-13(18,19)12(16,17)10(5,6)21-11(7,14)15/h8H,1-7H3. The van der Waals surface area contributed by atoms with Crippen LogP contribution in [0.2, 0.25) is 0 Å². The van der Waals surface area contributed by atoms with Crippen LogP contribution in [0, 0.1) is 5.92 Å². The van der Waals surface area contributed by atoms with Crippen molar-refractivity contribution in [1.82, 2.24) is 0 Å². The van der Waals surface area contributed by atoms with Crippen LogP contribution in [0.25, 0.3) is 0 Å². The zero-order valence-electron chi connectivity index (χ0n) is 13.2. The quantitative estimate of drug-likeness (QED) is 0.609. The average Bonchev–Trinajstić information content (AvgIpc) is 2.10. The summed E-state index contributed by atoms with van der Waals surface area (Å²) >= 11 is 0. The van der Waals surface area contributed by atoms with Gasteiger partial charge in [0.25, 0.3) is 0 Å². The Morgan fingerprint density at radius 2 is 1.10 bits per heavy atom. The second-order valence-electron chi connectivity index (χ2n) is 6.37. The SMILES string of the molecule is CC(C)C(C)(C)OC(F)(F)C(F)(F)C(C)(C)OC(C)(F)F. The summed E-state index contributed by atoms with van der Waals surface area (Å²) in [6, 6.07) is 0. The van der Waals surface area contributed by atoms with Crippen molar-refractivity contribution in [3.05, 3.63) is 0 Å². The van der Waals surface area contributed by atoms with Gasteiger partial charge in [-0.05, 0) is 33.6 Å². The third-order valence-corrected chi connectivity index (χ3v) is 3.34. The van der Waals surface area contributed by atoms with Gasteiger partial charge in [-0.3, -0.25) is 0 Å². The van der Waals surface area contributed by atoms with E-state index in [1.54, 1.807) is 0 Å². The van der Waals surface area contributed by atoms with E-state index in [-0.39, 0.29) is 6.92 Å². The lowest BCUT2D eigenvalue weighted by atomic mass is 9.93. The monoisotopic (exact) mass is 324 g/mol. The molecule has 2 nitrogen and oxygen atoms in total. The minimum atomic E-state index is -4.98. The summed E-state index contributed by atoms with van der Waals surface area (Å²) in [6.45, 7) is 6.57. The summed E-state index contributed by atoms with van der Waals surface area (Å²) in [5, 5.41) is 0. The Morgan fingerprint density at radius 1 is 0.714 bits per heavy atom. The van der Waals surface area contributed by atoms with Crippen molar-refractivity contribution in [2.24, 2.45) is 5.92 Å². The lowest BCUT2D eigenvalue weighted by Crippen LogP contribution is -2.61. The fourth-order valence-corrected chi connectivity index (χ4v) is 1.37. The Kier molecular flexibility index (Phi) is 5.47. The van der Waals surface area contributed by atoms with Crippen LogP contribution in [0.4, 0.5) is 26.3 Å². The molecule has 0 aliphatic carbocycles. The van der Waals surface area contributed by atoms with Crippen molar-refractivity contribution >= 4 is 0 Å². The summed E-state index contributed by atoms with van der Waals surface area (Å²) < 4.78 is 89.2. The van der Waals surface area contributed by atoms with E-state index in [1.807, 2.05) is 0 Å². The first-order valence-corrected chi connectivity index (χ1v) is 6.39. The smallest absolute Gasteiger partial charge is 0.309 e. The van der Waals surface area contributed by atoms with Crippen molar-refractivity contribution in [2.75, 3.05) is 0 Å². The molecule has 128 valence electrons. The van der Waals surface area contributed by atoms with Gasteiger partial charge in [-0.1, -0.05) is 13.8 Å². The predicted molar refractivity (Wildman–Crippen MR) is 65.7 cm³/mol. The van der Waals surface area contributed by atoms with E-state index in [2.05, 4.69) is 9.47 Å². The van der Waals surface area contributed by atoms with Gasteiger partial charge >= 0.3 is 18.1 Å². The normalized spacial score (nSPS) is 15.7. The molecule has 0 rings (SSSR count). The molecule has 0 saturated heterocycles. The molecule has 0 heterocycles. The number of hydrogen-bond donors (Lipinski definition) is 0. The van der Waals surface area contributed by atoms with Crippen molar-refractivity contribution in [3.63, 3.8) is 0 Å². The lowest BCUT2D eigenvalue weighted by molar-refractivity contribution is -0.433. The van der Waals surface area contributed by atoms with Crippen LogP contribution in [-0.2, 0) is 9.47 Å². The van der Waals surface area contributed by atoms with E-state index < -0.39 is 35.3 Å². The average molecular weight is 324 g/mol. The van der Waals surface area contributed by atoms with Crippen LogP contribution in [0.3, 0.4) is 0 Å². The molecule has 0 saturated carbocycles. The maximum Gasteiger partial charge on any atom is 0.422 e. The molecule has 0 aromatic heterocycles. The largest absolute Gasteiger partial charge is 0.422 e. The molecule has 0 atom stereocenters. The van der Waals surface area contributed by atoms with Crippen molar-refractivity contribution in [3.8, 4) is 0 Å².